The molecule has 1 saturated carbocycles. The summed E-state index contributed by atoms with van der Waals surface area (Å²) in [5.74, 6) is -0.894. The molecule has 0 aromatic carbocycles. The first-order valence-electron chi connectivity index (χ1n) is 6.84. The van der Waals surface area contributed by atoms with Crippen LogP contribution < -0.4 is 4.72 Å². The second-order valence-corrected chi connectivity index (χ2v) is 7.48. The van der Waals surface area contributed by atoms with Crippen molar-refractivity contribution in [2.45, 2.75) is 43.0 Å². The third-order valence-electron chi connectivity index (χ3n) is 3.94. The van der Waals surface area contributed by atoms with Gasteiger partial charge >= 0.3 is 5.97 Å². The second kappa shape index (κ2) is 5.78. The van der Waals surface area contributed by atoms with Crippen molar-refractivity contribution in [3.8, 4) is 0 Å². The lowest BCUT2D eigenvalue weighted by atomic mass is 9.78. The molecule has 7 nitrogen and oxygen atoms in total. The van der Waals surface area contributed by atoms with Crippen LogP contribution in [0.1, 0.15) is 43.1 Å². The van der Waals surface area contributed by atoms with Crippen molar-refractivity contribution in [3.05, 3.63) is 18.0 Å². The van der Waals surface area contributed by atoms with Gasteiger partial charge in [0.15, 0.2) is 0 Å². The van der Waals surface area contributed by atoms with Crippen LogP contribution in [0.5, 0.6) is 0 Å². The minimum atomic E-state index is -3.87. The molecule has 1 fully saturated rings. The lowest BCUT2D eigenvalue weighted by molar-refractivity contribution is 0.0691. The summed E-state index contributed by atoms with van der Waals surface area (Å²) >= 11 is 0. The number of aromatic nitrogens is 1. The van der Waals surface area contributed by atoms with Crippen LogP contribution in [0.2, 0.25) is 0 Å². The molecule has 0 spiro atoms. The van der Waals surface area contributed by atoms with Crippen molar-refractivity contribution in [2.75, 3.05) is 6.61 Å². The van der Waals surface area contributed by atoms with Crippen LogP contribution in [-0.4, -0.2) is 41.7 Å². The van der Waals surface area contributed by atoms with Gasteiger partial charge in [0, 0.05) is 6.20 Å². The largest absolute Gasteiger partial charge is 0.477 e. The molecule has 1 heterocycles. The number of sulfonamides is 1. The SMILES string of the molecule is CC1CCCC(CO)(NS(=O)(=O)c2c[nH]c(C(=O)O)c2)C1. The topological polar surface area (TPSA) is 119 Å². The number of aromatic amines is 1. The third kappa shape index (κ3) is 3.45. The smallest absolute Gasteiger partial charge is 0.352 e. The zero-order valence-electron chi connectivity index (χ0n) is 11.8. The Morgan fingerprint density at radius 1 is 1.57 bits per heavy atom. The van der Waals surface area contributed by atoms with E-state index < -0.39 is 21.5 Å². The van der Waals surface area contributed by atoms with Gasteiger partial charge in [-0.05, 0) is 24.8 Å². The zero-order chi connectivity index (χ0) is 15.7. The first kappa shape index (κ1) is 16.0. The molecular weight excluding hydrogens is 296 g/mol. The molecule has 1 aliphatic carbocycles. The standard InChI is InChI=1S/C13H20N2O5S/c1-9-3-2-4-13(6-9,8-16)15-21(19,20)10-5-11(12(17)18)14-7-10/h5,7,9,14-16H,2-4,6,8H2,1H3,(H,17,18). The minimum Gasteiger partial charge on any atom is -0.477 e. The van der Waals surface area contributed by atoms with E-state index in [9.17, 15) is 18.3 Å². The summed E-state index contributed by atoms with van der Waals surface area (Å²) in [5, 5.41) is 18.5. The number of carboxylic acid groups (broad SMARTS) is 1. The van der Waals surface area contributed by atoms with Crippen molar-refractivity contribution >= 4 is 16.0 Å². The van der Waals surface area contributed by atoms with Crippen molar-refractivity contribution < 1.29 is 23.4 Å². The van der Waals surface area contributed by atoms with E-state index in [-0.39, 0.29) is 17.2 Å². The molecule has 0 aliphatic heterocycles. The maximum atomic E-state index is 12.4. The Kier molecular flexibility index (Phi) is 4.40. The Balaban J connectivity index is 2.24. The van der Waals surface area contributed by atoms with E-state index in [0.29, 0.717) is 18.8 Å². The summed E-state index contributed by atoms with van der Waals surface area (Å²) in [4.78, 5) is 13.1. The summed E-state index contributed by atoms with van der Waals surface area (Å²) in [7, 11) is -3.87. The second-order valence-electron chi connectivity index (χ2n) is 5.80. The Bertz CT molecular complexity index is 624. The molecule has 4 N–H and O–H groups in total. The molecule has 0 amide bonds. The van der Waals surface area contributed by atoms with Crippen LogP contribution in [0, 0.1) is 5.92 Å². The summed E-state index contributed by atoms with van der Waals surface area (Å²) in [6.45, 7) is 1.75. The number of aliphatic hydroxyl groups is 1. The number of aromatic carboxylic acids is 1. The van der Waals surface area contributed by atoms with Gasteiger partial charge in [0.1, 0.15) is 10.6 Å². The summed E-state index contributed by atoms with van der Waals surface area (Å²) in [5.41, 5.74) is -1.05. The quantitative estimate of drug-likeness (QED) is 0.644. The molecule has 2 unspecified atom stereocenters. The molecular formula is C13H20N2O5S. The monoisotopic (exact) mass is 316 g/mol. The van der Waals surface area contributed by atoms with Gasteiger partial charge in [0.05, 0.1) is 12.1 Å². The molecule has 2 atom stereocenters. The van der Waals surface area contributed by atoms with Gasteiger partial charge in [-0.2, -0.15) is 0 Å². The van der Waals surface area contributed by atoms with E-state index >= 15 is 0 Å². The lowest BCUT2D eigenvalue weighted by Gasteiger charge is -2.38. The van der Waals surface area contributed by atoms with Crippen LogP contribution >= 0.6 is 0 Å². The predicted octanol–water partition coefficient (Wildman–Crippen LogP) is 0.932. The molecule has 8 heteroatoms. The molecule has 0 saturated heterocycles. The highest BCUT2D eigenvalue weighted by atomic mass is 32.2. The molecule has 1 aliphatic rings. The number of carbonyl (C=O) groups is 1. The van der Waals surface area contributed by atoms with Gasteiger partial charge in [-0.15, -0.1) is 0 Å². The van der Waals surface area contributed by atoms with Crippen LogP contribution in [0.4, 0.5) is 0 Å². The summed E-state index contributed by atoms with van der Waals surface area (Å²) in [6.07, 6.45) is 4.14. The van der Waals surface area contributed by atoms with Crippen molar-refractivity contribution in [1.82, 2.24) is 9.71 Å². The fraction of sp³-hybridized carbons (Fsp3) is 0.615. The van der Waals surface area contributed by atoms with Gasteiger partial charge in [-0.25, -0.2) is 17.9 Å². The molecule has 2 rings (SSSR count). The van der Waals surface area contributed by atoms with Gasteiger partial charge in [-0.1, -0.05) is 19.8 Å². The maximum absolute atomic E-state index is 12.4. The zero-order valence-corrected chi connectivity index (χ0v) is 12.6. The van der Waals surface area contributed by atoms with Crippen LogP contribution in [-0.2, 0) is 10.0 Å². The fourth-order valence-electron chi connectivity index (χ4n) is 2.93. The van der Waals surface area contributed by atoms with E-state index in [1.807, 2.05) is 6.92 Å². The van der Waals surface area contributed by atoms with Crippen molar-refractivity contribution in [3.63, 3.8) is 0 Å². The minimum absolute atomic E-state index is 0.133. The molecule has 0 radical (unpaired) electrons. The molecule has 21 heavy (non-hydrogen) atoms. The highest BCUT2D eigenvalue weighted by Gasteiger charge is 2.38. The summed E-state index contributed by atoms with van der Waals surface area (Å²) in [6, 6.07) is 1.07. The van der Waals surface area contributed by atoms with E-state index in [4.69, 9.17) is 5.11 Å². The van der Waals surface area contributed by atoms with Crippen LogP contribution in [0.15, 0.2) is 17.2 Å². The van der Waals surface area contributed by atoms with Crippen molar-refractivity contribution in [1.29, 1.82) is 0 Å². The number of hydrogen-bond donors (Lipinski definition) is 4. The number of H-pyrrole nitrogens is 1. The first-order valence-corrected chi connectivity index (χ1v) is 8.33. The number of rotatable bonds is 5. The van der Waals surface area contributed by atoms with Gasteiger partial charge in [-0.3, -0.25) is 0 Å². The molecule has 0 bridgehead atoms. The normalized spacial score (nSPS) is 26.7. The van der Waals surface area contributed by atoms with E-state index in [2.05, 4.69) is 9.71 Å². The van der Waals surface area contributed by atoms with Gasteiger partial charge < -0.3 is 15.2 Å². The highest BCUT2D eigenvalue weighted by molar-refractivity contribution is 7.89. The average molecular weight is 316 g/mol. The average Bonchev–Trinajstić information content (AvgIpc) is 2.88. The first-order chi connectivity index (χ1) is 9.78. The fourth-order valence-corrected chi connectivity index (χ4v) is 4.35. The van der Waals surface area contributed by atoms with Crippen LogP contribution in [0.25, 0.3) is 0 Å². The highest BCUT2D eigenvalue weighted by Crippen LogP contribution is 2.33. The number of aliphatic hydroxyl groups excluding tert-OH is 1. The number of nitrogens with one attached hydrogen (secondary N) is 2. The Labute approximate surface area is 123 Å². The van der Waals surface area contributed by atoms with E-state index in [1.165, 1.54) is 0 Å². The van der Waals surface area contributed by atoms with Gasteiger partial charge in [0.2, 0.25) is 10.0 Å². The molecule has 1 aromatic rings. The predicted molar refractivity (Wildman–Crippen MR) is 75.5 cm³/mol. The third-order valence-corrected chi connectivity index (χ3v) is 5.50. The van der Waals surface area contributed by atoms with Crippen molar-refractivity contribution in [2.24, 2.45) is 5.92 Å². The van der Waals surface area contributed by atoms with Crippen LogP contribution in [0.3, 0.4) is 0 Å². The van der Waals surface area contributed by atoms with Gasteiger partial charge in [0.25, 0.3) is 0 Å². The maximum Gasteiger partial charge on any atom is 0.352 e. The molecule has 1 aromatic heterocycles. The van der Waals surface area contributed by atoms with E-state index in [0.717, 1.165) is 25.1 Å². The Morgan fingerprint density at radius 2 is 2.29 bits per heavy atom. The Hall–Kier alpha value is -1.38. The van der Waals surface area contributed by atoms with E-state index in [1.54, 1.807) is 0 Å². The number of hydrogen-bond acceptors (Lipinski definition) is 4. The summed E-state index contributed by atoms with van der Waals surface area (Å²) < 4.78 is 27.3. The Morgan fingerprint density at radius 3 is 2.81 bits per heavy atom. The lowest BCUT2D eigenvalue weighted by Crippen LogP contribution is -2.53. The molecule has 118 valence electrons. The number of carboxylic acids is 1.